The maximum atomic E-state index is 9.18. The third-order valence-electron chi connectivity index (χ3n) is 3.63. The molecular weight excluding hydrogens is 274 g/mol. The van der Waals surface area contributed by atoms with Crippen molar-refractivity contribution in [2.75, 3.05) is 18.0 Å². The number of anilines is 1. The van der Waals surface area contributed by atoms with Crippen LogP contribution < -0.4 is 10.6 Å². The summed E-state index contributed by atoms with van der Waals surface area (Å²) in [6.07, 6.45) is 2.33. The Balaban J connectivity index is 2.52. The van der Waals surface area contributed by atoms with Crippen LogP contribution in [0.25, 0.3) is 4.85 Å². The molecule has 2 heterocycles. The van der Waals surface area contributed by atoms with Gasteiger partial charge in [-0.3, -0.25) is 0 Å². The molecule has 1 aliphatic heterocycles. The van der Waals surface area contributed by atoms with E-state index in [1.54, 1.807) is 0 Å². The minimum Gasteiger partial charge on any atom is -0.365 e. The van der Waals surface area contributed by atoms with E-state index in [0.29, 0.717) is 29.1 Å². The van der Waals surface area contributed by atoms with Crippen molar-refractivity contribution in [3.05, 3.63) is 27.7 Å². The second-order valence-electron chi connectivity index (χ2n) is 4.83. The highest BCUT2D eigenvalue weighted by Gasteiger charge is 2.24. The van der Waals surface area contributed by atoms with Gasteiger partial charge in [-0.25, -0.2) is 9.83 Å². The lowest BCUT2D eigenvalue weighted by Gasteiger charge is -2.32. The van der Waals surface area contributed by atoms with Gasteiger partial charge in [0.05, 0.1) is 12.1 Å². The van der Waals surface area contributed by atoms with Gasteiger partial charge in [-0.05, 0) is 24.8 Å². The van der Waals surface area contributed by atoms with E-state index in [9.17, 15) is 5.26 Å². The highest BCUT2D eigenvalue weighted by atomic mass is 35.5. The van der Waals surface area contributed by atoms with E-state index < -0.39 is 0 Å². The number of hydrogen-bond acceptors (Lipinski definition) is 4. The molecule has 0 saturated carbocycles. The van der Waals surface area contributed by atoms with Crippen molar-refractivity contribution in [1.82, 2.24) is 4.98 Å². The Hall–Kier alpha value is -1.82. The molecular formula is C14H16ClN5. The number of hydrogen-bond donors (Lipinski definition) is 1. The number of pyridine rings is 1. The monoisotopic (exact) mass is 289 g/mol. The molecule has 2 N–H and O–H groups in total. The third-order valence-corrected chi connectivity index (χ3v) is 3.90. The average Bonchev–Trinajstić information content (AvgIpc) is 2.46. The zero-order valence-electron chi connectivity index (χ0n) is 11.4. The van der Waals surface area contributed by atoms with Crippen molar-refractivity contribution in [3.8, 4) is 6.07 Å². The molecule has 0 radical (unpaired) electrons. The Labute approximate surface area is 123 Å². The Morgan fingerprint density at radius 3 is 2.70 bits per heavy atom. The quantitative estimate of drug-likeness (QED) is 0.671. The van der Waals surface area contributed by atoms with Crippen LogP contribution in [0.3, 0.4) is 0 Å². The van der Waals surface area contributed by atoms with Gasteiger partial charge in [0.1, 0.15) is 17.0 Å². The first kappa shape index (κ1) is 14.6. The minimum absolute atomic E-state index is 0.182. The van der Waals surface area contributed by atoms with E-state index in [0.717, 1.165) is 25.9 Å². The molecule has 1 aromatic heterocycles. The molecule has 1 saturated heterocycles. The van der Waals surface area contributed by atoms with Crippen LogP contribution >= 0.6 is 11.6 Å². The largest absolute Gasteiger partial charge is 0.365 e. The van der Waals surface area contributed by atoms with E-state index in [4.69, 9.17) is 23.9 Å². The van der Waals surface area contributed by atoms with Crippen molar-refractivity contribution in [2.45, 2.75) is 32.2 Å². The first-order valence-electron chi connectivity index (χ1n) is 6.62. The van der Waals surface area contributed by atoms with Gasteiger partial charge in [-0.1, -0.05) is 18.5 Å². The second kappa shape index (κ2) is 6.09. The summed E-state index contributed by atoms with van der Waals surface area (Å²) in [6.45, 7) is 10.9. The fourth-order valence-corrected chi connectivity index (χ4v) is 2.72. The van der Waals surface area contributed by atoms with Crippen LogP contribution in [0.1, 0.15) is 30.9 Å². The molecule has 5 nitrogen and oxygen atoms in total. The topological polar surface area (TPSA) is 70.3 Å². The van der Waals surface area contributed by atoms with Crippen LogP contribution in [0, 0.1) is 17.9 Å². The summed E-state index contributed by atoms with van der Waals surface area (Å²) >= 11 is 6.10. The van der Waals surface area contributed by atoms with Crippen molar-refractivity contribution >= 4 is 23.1 Å². The first-order chi connectivity index (χ1) is 9.62. The van der Waals surface area contributed by atoms with Crippen LogP contribution in [-0.4, -0.2) is 24.1 Å². The molecule has 0 aromatic carbocycles. The van der Waals surface area contributed by atoms with E-state index >= 15 is 0 Å². The van der Waals surface area contributed by atoms with Crippen LogP contribution in [0.5, 0.6) is 0 Å². The number of nitrogens with zero attached hydrogens (tertiary/aromatic N) is 4. The minimum atomic E-state index is 0.182. The molecule has 1 aliphatic rings. The molecule has 0 atom stereocenters. The van der Waals surface area contributed by atoms with Gasteiger partial charge in [0.25, 0.3) is 0 Å². The number of nitriles is 1. The lowest BCUT2D eigenvalue weighted by molar-refractivity contribution is 0.499. The molecule has 0 aliphatic carbocycles. The van der Waals surface area contributed by atoms with Gasteiger partial charge in [0.15, 0.2) is 0 Å². The molecule has 6 heteroatoms. The predicted octanol–water partition coefficient (Wildman–Crippen LogP) is 2.65. The standard InChI is InChI=1S/C14H16ClN5/c1-3-10-11(8-16)13(15)19-14(12(10)18-2)20-6-4-9(17)5-7-20/h9H,3-7,17H2,1H3. The molecule has 104 valence electrons. The van der Waals surface area contributed by atoms with Gasteiger partial charge in [0.2, 0.25) is 5.69 Å². The fraction of sp³-hybridized carbons (Fsp3) is 0.500. The van der Waals surface area contributed by atoms with Crippen molar-refractivity contribution < 1.29 is 0 Å². The predicted molar refractivity (Wildman–Crippen MR) is 79.0 cm³/mol. The summed E-state index contributed by atoms with van der Waals surface area (Å²) in [4.78, 5) is 9.92. The number of nitrogens with two attached hydrogens (primary N) is 1. The second-order valence-corrected chi connectivity index (χ2v) is 5.19. The molecule has 0 bridgehead atoms. The van der Waals surface area contributed by atoms with Crippen molar-refractivity contribution in [1.29, 1.82) is 5.26 Å². The fourth-order valence-electron chi connectivity index (χ4n) is 2.49. The van der Waals surface area contributed by atoms with Gasteiger partial charge < -0.3 is 10.6 Å². The molecule has 20 heavy (non-hydrogen) atoms. The Morgan fingerprint density at radius 2 is 2.20 bits per heavy atom. The highest BCUT2D eigenvalue weighted by molar-refractivity contribution is 6.31. The summed E-state index contributed by atoms with van der Waals surface area (Å²) in [5.41, 5.74) is 7.35. The number of halogens is 1. The van der Waals surface area contributed by atoms with Crippen LogP contribution in [0.4, 0.5) is 11.5 Å². The summed E-state index contributed by atoms with van der Waals surface area (Å²) in [5, 5.41) is 9.36. The Kier molecular flexibility index (Phi) is 4.44. The molecule has 0 amide bonds. The normalized spacial score (nSPS) is 15.8. The molecule has 2 rings (SSSR count). The highest BCUT2D eigenvalue weighted by Crippen LogP contribution is 2.37. The summed E-state index contributed by atoms with van der Waals surface area (Å²) in [6, 6.07) is 2.26. The summed E-state index contributed by atoms with van der Waals surface area (Å²) in [7, 11) is 0. The van der Waals surface area contributed by atoms with Crippen molar-refractivity contribution in [3.63, 3.8) is 0 Å². The molecule has 0 unspecified atom stereocenters. The van der Waals surface area contributed by atoms with E-state index in [1.165, 1.54) is 0 Å². The number of rotatable bonds is 2. The zero-order chi connectivity index (χ0) is 14.7. The maximum absolute atomic E-state index is 9.18. The Bertz CT molecular complexity index is 591. The van der Waals surface area contributed by atoms with Gasteiger partial charge in [-0.15, -0.1) is 0 Å². The van der Waals surface area contributed by atoms with E-state index in [2.05, 4.69) is 15.9 Å². The zero-order valence-corrected chi connectivity index (χ0v) is 12.1. The van der Waals surface area contributed by atoms with Crippen LogP contribution in [0.15, 0.2) is 0 Å². The SMILES string of the molecule is [C-]#[N+]c1c(N2CCC(N)CC2)nc(Cl)c(C#N)c1CC. The first-order valence-corrected chi connectivity index (χ1v) is 7.00. The molecule has 1 fully saturated rings. The lowest BCUT2D eigenvalue weighted by atomic mass is 10.0. The number of piperidine rings is 1. The average molecular weight is 290 g/mol. The smallest absolute Gasteiger partial charge is 0.232 e. The summed E-state index contributed by atoms with van der Waals surface area (Å²) < 4.78 is 0. The number of aromatic nitrogens is 1. The van der Waals surface area contributed by atoms with Crippen molar-refractivity contribution in [2.24, 2.45) is 5.73 Å². The van der Waals surface area contributed by atoms with E-state index in [1.807, 2.05) is 11.8 Å². The van der Waals surface area contributed by atoms with E-state index in [-0.39, 0.29) is 11.2 Å². The van der Waals surface area contributed by atoms with Crippen LogP contribution in [0.2, 0.25) is 5.15 Å². The Morgan fingerprint density at radius 1 is 1.55 bits per heavy atom. The van der Waals surface area contributed by atoms with Crippen LogP contribution in [-0.2, 0) is 6.42 Å². The third kappa shape index (κ3) is 2.56. The van der Waals surface area contributed by atoms with Gasteiger partial charge >= 0.3 is 0 Å². The van der Waals surface area contributed by atoms with Gasteiger partial charge in [-0.2, -0.15) is 5.26 Å². The lowest BCUT2D eigenvalue weighted by Crippen LogP contribution is -2.40. The summed E-state index contributed by atoms with van der Waals surface area (Å²) in [5.74, 6) is 0.591. The maximum Gasteiger partial charge on any atom is 0.232 e. The van der Waals surface area contributed by atoms with Gasteiger partial charge in [0, 0.05) is 19.1 Å². The molecule has 0 spiro atoms. The molecule has 1 aromatic rings.